The van der Waals surface area contributed by atoms with Crippen molar-refractivity contribution in [3.05, 3.63) is 27.7 Å². The molecule has 0 aliphatic heterocycles. The Labute approximate surface area is 75.6 Å². The summed E-state index contributed by atoms with van der Waals surface area (Å²) in [6, 6.07) is 0.489. The first-order chi connectivity index (χ1) is 6.43. The number of halogens is 2. The molecule has 0 fully saturated rings. The molecule has 0 saturated carbocycles. The highest BCUT2D eigenvalue weighted by Gasteiger charge is 2.20. The van der Waals surface area contributed by atoms with Crippen LogP contribution >= 0.6 is 0 Å². The molecule has 5 nitrogen and oxygen atoms in total. The lowest BCUT2D eigenvalue weighted by molar-refractivity contribution is 0.0681. The first-order valence-corrected chi connectivity index (χ1v) is 3.41. The van der Waals surface area contributed by atoms with Crippen molar-refractivity contribution < 1.29 is 23.8 Å². The van der Waals surface area contributed by atoms with Crippen LogP contribution in [0.4, 0.5) is 8.78 Å². The van der Waals surface area contributed by atoms with Crippen molar-refractivity contribution in [2.45, 2.75) is 6.43 Å². The van der Waals surface area contributed by atoms with Crippen LogP contribution in [0, 0.1) is 0 Å². The van der Waals surface area contributed by atoms with E-state index in [1.54, 1.807) is 4.98 Å². The SMILES string of the molecule is O=C(O)c1cc(O)c(=O)[nH]c1C(F)F. The van der Waals surface area contributed by atoms with E-state index in [-0.39, 0.29) is 0 Å². The van der Waals surface area contributed by atoms with Crippen molar-refractivity contribution in [3.8, 4) is 5.75 Å². The van der Waals surface area contributed by atoms with Crippen molar-refractivity contribution in [3.63, 3.8) is 0 Å². The molecule has 0 atom stereocenters. The molecule has 0 saturated heterocycles. The van der Waals surface area contributed by atoms with E-state index in [1.165, 1.54) is 0 Å². The molecule has 0 aliphatic carbocycles. The molecule has 7 heteroatoms. The third-order valence-corrected chi connectivity index (χ3v) is 1.50. The smallest absolute Gasteiger partial charge is 0.337 e. The van der Waals surface area contributed by atoms with Crippen molar-refractivity contribution in [1.82, 2.24) is 4.98 Å². The second kappa shape index (κ2) is 3.44. The number of rotatable bonds is 2. The van der Waals surface area contributed by atoms with Crippen molar-refractivity contribution in [1.29, 1.82) is 0 Å². The third-order valence-electron chi connectivity index (χ3n) is 1.50. The molecule has 0 radical (unpaired) electrons. The maximum absolute atomic E-state index is 12.2. The van der Waals surface area contributed by atoms with Gasteiger partial charge in [0.1, 0.15) is 0 Å². The summed E-state index contributed by atoms with van der Waals surface area (Å²) in [4.78, 5) is 22.7. The molecule has 1 heterocycles. The quantitative estimate of drug-likeness (QED) is 0.663. The average Bonchev–Trinajstić information content (AvgIpc) is 2.08. The lowest BCUT2D eigenvalue weighted by atomic mass is 10.2. The molecule has 14 heavy (non-hydrogen) atoms. The van der Waals surface area contributed by atoms with Crippen LogP contribution in [-0.2, 0) is 0 Å². The van der Waals surface area contributed by atoms with Gasteiger partial charge in [-0.3, -0.25) is 4.79 Å². The summed E-state index contributed by atoms with van der Waals surface area (Å²) in [5, 5.41) is 17.3. The molecule has 1 rings (SSSR count). The summed E-state index contributed by atoms with van der Waals surface area (Å²) in [7, 11) is 0. The molecule has 1 aromatic rings. The zero-order valence-electron chi connectivity index (χ0n) is 6.62. The Bertz CT molecular complexity index is 426. The summed E-state index contributed by atoms with van der Waals surface area (Å²) in [5.74, 6) is -2.56. The number of pyridine rings is 1. The molecule has 0 bridgehead atoms. The highest BCUT2D eigenvalue weighted by molar-refractivity contribution is 5.89. The molecule has 3 N–H and O–H groups in total. The number of alkyl halides is 2. The fourth-order valence-electron chi connectivity index (χ4n) is 0.883. The Morgan fingerprint density at radius 1 is 1.50 bits per heavy atom. The fourth-order valence-corrected chi connectivity index (χ4v) is 0.883. The highest BCUT2D eigenvalue weighted by Crippen LogP contribution is 2.21. The Hall–Kier alpha value is -1.92. The largest absolute Gasteiger partial charge is 0.503 e. The van der Waals surface area contributed by atoms with E-state index in [9.17, 15) is 18.4 Å². The molecule has 0 amide bonds. The third kappa shape index (κ3) is 1.70. The van der Waals surface area contributed by atoms with Crippen molar-refractivity contribution >= 4 is 5.97 Å². The van der Waals surface area contributed by atoms with E-state index in [2.05, 4.69) is 0 Å². The number of aromatic carboxylic acids is 1. The number of aromatic nitrogens is 1. The van der Waals surface area contributed by atoms with E-state index in [1.807, 2.05) is 0 Å². The number of hydrogen-bond donors (Lipinski definition) is 3. The summed E-state index contributed by atoms with van der Waals surface area (Å²) >= 11 is 0. The Kier molecular flexibility index (Phi) is 2.50. The van der Waals surface area contributed by atoms with Crippen LogP contribution in [0.15, 0.2) is 10.9 Å². The molecule has 1 aromatic heterocycles. The van der Waals surface area contributed by atoms with Crippen LogP contribution in [0.25, 0.3) is 0 Å². The monoisotopic (exact) mass is 205 g/mol. The minimum absolute atomic E-state index is 0.489. The van der Waals surface area contributed by atoms with Gasteiger partial charge in [0.15, 0.2) is 5.75 Å². The Balaban J connectivity index is 3.47. The maximum Gasteiger partial charge on any atom is 0.337 e. The zero-order chi connectivity index (χ0) is 10.9. The molecular weight excluding hydrogens is 200 g/mol. The van der Waals surface area contributed by atoms with Crippen molar-refractivity contribution in [2.24, 2.45) is 0 Å². The Morgan fingerprint density at radius 2 is 2.07 bits per heavy atom. The number of aromatic hydroxyl groups is 1. The number of nitrogens with one attached hydrogen (secondary N) is 1. The first kappa shape index (κ1) is 10.2. The minimum Gasteiger partial charge on any atom is -0.503 e. The second-order valence-corrected chi connectivity index (χ2v) is 2.42. The number of hydrogen-bond acceptors (Lipinski definition) is 3. The van der Waals surface area contributed by atoms with Gasteiger partial charge in [-0.25, -0.2) is 13.6 Å². The molecule has 0 unspecified atom stereocenters. The van der Waals surface area contributed by atoms with Gasteiger partial charge in [-0.1, -0.05) is 0 Å². The predicted octanol–water partition coefficient (Wildman–Crippen LogP) is 0.716. The van der Waals surface area contributed by atoms with Crippen LogP contribution < -0.4 is 5.56 Å². The average molecular weight is 205 g/mol. The number of carbonyl (C=O) groups is 1. The van der Waals surface area contributed by atoms with Gasteiger partial charge in [-0.2, -0.15) is 0 Å². The number of carboxylic acids is 1. The second-order valence-electron chi connectivity index (χ2n) is 2.42. The van der Waals surface area contributed by atoms with Gasteiger partial charge in [0.2, 0.25) is 0 Å². The molecule has 0 aromatic carbocycles. The number of H-pyrrole nitrogens is 1. The summed E-state index contributed by atoms with van der Waals surface area (Å²) in [5.41, 5.74) is -2.98. The van der Waals surface area contributed by atoms with Gasteiger partial charge < -0.3 is 15.2 Å². The summed E-state index contributed by atoms with van der Waals surface area (Å²) < 4.78 is 24.4. The normalized spacial score (nSPS) is 10.5. The molecule has 0 aliphatic rings. The van der Waals surface area contributed by atoms with E-state index < -0.39 is 35.0 Å². The van der Waals surface area contributed by atoms with Crippen LogP contribution in [0.2, 0.25) is 0 Å². The van der Waals surface area contributed by atoms with Crippen LogP contribution in [-0.4, -0.2) is 21.2 Å². The Morgan fingerprint density at radius 3 is 2.50 bits per heavy atom. The summed E-state index contributed by atoms with van der Waals surface area (Å²) in [6.07, 6.45) is -3.12. The van der Waals surface area contributed by atoms with Crippen LogP contribution in [0.1, 0.15) is 22.5 Å². The lowest BCUT2D eigenvalue weighted by Crippen LogP contribution is -2.14. The van der Waals surface area contributed by atoms with Gasteiger partial charge in [-0.05, 0) is 0 Å². The van der Waals surface area contributed by atoms with Crippen LogP contribution in [0.5, 0.6) is 5.75 Å². The highest BCUT2D eigenvalue weighted by atomic mass is 19.3. The topological polar surface area (TPSA) is 90.4 Å². The van der Waals surface area contributed by atoms with Crippen molar-refractivity contribution in [2.75, 3.05) is 0 Å². The van der Waals surface area contributed by atoms with E-state index >= 15 is 0 Å². The van der Waals surface area contributed by atoms with E-state index in [4.69, 9.17) is 10.2 Å². The fraction of sp³-hybridized carbons (Fsp3) is 0.143. The van der Waals surface area contributed by atoms with E-state index in [0.29, 0.717) is 6.07 Å². The number of carboxylic acid groups (broad SMARTS) is 1. The van der Waals surface area contributed by atoms with E-state index in [0.717, 1.165) is 0 Å². The lowest BCUT2D eigenvalue weighted by Gasteiger charge is -2.04. The first-order valence-electron chi connectivity index (χ1n) is 3.41. The minimum atomic E-state index is -3.12. The summed E-state index contributed by atoms with van der Waals surface area (Å²) in [6.45, 7) is 0. The van der Waals surface area contributed by atoms with Gasteiger partial charge in [0.05, 0.1) is 11.3 Å². The standard InChI is InChI=1S/C7H5F2NO4/c8-5(9)4-2(7(13)14)1-3(11)6(12)10-4/h1,5,11H,(H,10,12)(H,13,14). The molecule has 0 spiro atoms. The zero-order valence-corrected chi connectivity index (χ0v) is 6.62. The molecular formula is C7H5F2NO4. The maximum atomic E-state index is 12.2. The molecule has 76 valence electrons. The number of aromatic amines is 1. The van der Waals surface area contributed by atoms with Gasteiger partial charge in [-0.15, -0.1) is 0 Å². The van der Waals surface area contributed by atoms with Gasteiger partial charge in [0, 0.05) is 6.07 Å². The van der Waals surface area contributed by atoms with Gasteiger partial charge in [0.25, 0.3) is 12.0 Å². The van der Waals surface area contributed by atoms with Crippen LogP contribution in [0.3, 0.4) is 0 Å². The predicted molar refractivity (Wildman–Crippen MR) is 40.6 cm³/mol. The van der Waals surface area contributed by atoms with Gasteiger partial charge >= 0.3 is 5.97 Å².